The van der Waals surface area contributed by atoms with Crippen molar-refractivity contribution >= 4 is 44.8 Å². The van der Waals surface area contributed by atoms with Crippen LogP contribution in [-0.2, 0) is 21.2 Å². The number of thiophene rings is 1. The minimum Gasteiger partial charge on any atom is -0.459 e. The van der Waals surface area contributed by atoms with Crippen molar-refractivity contribution in [2.45, 2.75) is 16.7 Å². The molecule has 4 rings (SSSR count). The maximum atomic E-state index is 12.9. The van der Waals surface area contributed by atoms with Crippen LogP contribution in [0.15, 0.2) is 99.1 Å². The van der Waals surface area contributed by atoms with E-state index in [0.717, 1.165) is 16.9 Å². The molecule has 0 radical (unpaired) electrons. The highest BCUT2D eigenvalue weighted by Gasteiger charge is 2.24. The van der Waals surface area contributed by atoms with Gasteiger partial charge in [-0.1, -0.05) is 36.4 Å². The van der Waals surface area contributed by atoms with Crippen LogP contribution in [0.4, 0.5) is 5.69 Å². The van der Waals surface area contributed by atoms with Crippen molar-refractivity contribution < 1.29 is 27.2 Å². The minimum absolute atomic E-state index is 0.0460. The Bertz CT molecular complexity index is 1450. The molecule has 3 amide bonds. The van der Waals surface area contributed by atoms with Crippen LogP contribution < -0.4 is 20.9 Å². The number of furan rings is 1. The summed E-state index contributed by atoms with van der Waals surface area (Å²) in [6.45, 7) is 0. The highest BCUT2D eigenvalue weighted by atomic mass is 32.2. The number of carbonyl (C=O) groups is 3. The summed E-state index contributed by atoms with van der Waals surface area (Å²) in [6, 6.07) is 19.9. The molecule has 2 aromatic carbocycles. The smallest absolute Gasteiger partial charge is 0.287 e. The van der Waals surface area contributed by atoms with Crippen molar-refractivity contribution in [2.75, 3.05) is 4.72 Å². The van der Waals surface area contributed by atoms with Gasteiger partial charge in [-0.2, -0.15) is 0 Å². The molecular formula is C25H22N4O6S2. The molecule has 2 heterocycles. The fourth-order valence-corrected chi connectivity index (χ4v) is 5.34. The summed E-state index contributed by atoms with van der Waals surface area (Å²) < 4.78 is 32.4. The topological polar surface area (TPSA) is 147 Å². The van der Waals surface area contributed by atoms with Gasteiger partial charge in [0, 0.05) is 17.7 Å². The fourth-order valence-electron chi connectivity index (χ4n) is 3.29. The standard InChI is InChI=1S/C25H22N4O6S2/c30-23(18-10-12-19(13-11-18)29-37(33,34)22-9-5-15-36-22)27-28-24(31)20(16-17-6-2-1-3-7-17)26-25(32)21-8-4-14-35-21/h1-15,20,29H,16H2,(H,26,32)(H,27,30)(H,28,31)/t20-/m1/s1. The largest absolute Gasteiger partial charge is 0.459 e. The number of nitrogens with one attached hydrogen (secondary N) is 4. The van der Waals surface area contributed by atoms with E-state index in [9.17, 15) is 22.8 Å². The predicted octanol–water partition coefficient (Wildman–Crippen LogP) is 2.94. The van der Waals surface area contributed by atoms with Crippen molar-refractivity contribution in [3.63, 3.8) is 0 Å². The van der Waals surface area contributed by atoms with Crippen molar-refractivity contribution in [1.29, 1.82) is 0 Å². The van der Waals surface area contributed by atoms with E-state index in [1.807, 2.05) is 30.3 Å². The lowest BCUT2D eigenvalue weighted by molar-refractivity contribution is -0.123. The zero-order valence-electron chi connectivity index (χ0n) is 19.2. The average molecular weight is 539 g/mol. The summed E-state index contributed by atoms with van der Waals surface area (Å²) in [5, 5.41) is 4.27. The number of hydrogen-bond acceptors (Lipinski definition) is 7. The molecule has 0 aliphatic rings. The van der Waals surface area contributed by atoms with Crippen molar-refractivity contribution in [1.82, 2.24) is 16.2 Å². The van der Waals surface area contributed by atoms with Gasteiger partial charge in [-0.15, -0.1) is 11.3 Å². The third-order valence-electron chi connectivity index (χ3n) is 5.11. The Hall–Kier alpha value is -4.42. The van der Waals surface area contributed by atoms with E-state index in [4.69, 9.17) is 4.42 Å². The molecule has 4 N–H and O–H groups in total. The molecule has 4 aromatic rings. The number of sulfonamides is 1. The van der Waals surface area contributed by atoms with Crippen LogP contribution in [0.1, 0.15) is 26.5 Å². The third-order valence-corrected chi connectivity index (χ3v) is 7.89. The highest BCUT2D eigenvalue weighted by molar-refractivity contribution is 7.94. The first-order valence-corrected chi connectivity index (χ1v) is 13.3. The number of anilines is 1. The number of benzene rings is 2. The van der Waals surface area contributed by atoms with Crippen molar-refractivity contribution in [3.8, 4) is 0 Å². The second kappa shape index (κ2) is 11.5. The van der Waals surface area contributed by atoms with E-state index in [1.165, 1.54) is 42.7 Å². The van der Waals surface area contributed by atoms with E-state index >= 15 is 0 Å². The first kappa shape index (κ1) is 25.7. The Kier molecular flexibility index (Phi) is 8.01. The molecule has 0 aliphatic heterocycles. The van der Waals surface area contributed by atoms with E-state index in [1.54, 1.807) is 17.5 Å². The zero-order valence-corrected chi connectivity index (χ0v) is 20.8. The van der Waals surface area contributed by atoms with E-state index in [2.05, 4.69) is 20.9 Å². The maximum absolute atomic E-state index is 12.9. The molecule has 1 atom stereocenters. The molecule has 0 bridgehead atoms. The number of hydrazine groups is 1. The van der Waals surface area contributed by atoms with Crippen molar-refractivity contribution in [3.05, 3.63) is 107 Å². The number of rotatable bonds is 9. The first-order chi connectivity index (χ1) is 17.8. The average Bonchev–Trinajstić information content (AvgIpc) is 3.63. The van der Waals surface area contributed by atoms with Crippen LogP contribution in [0.2, 0.25) is 0 Å². The van der Waals surface area contributed by atoms with Gasteiger partial charge in [-0.05, 0) is 53.4 Å². The number of amides is 3. The Labute approximate surface area is 216 Å². The lowest BCUT2D eigenvalue weighted by Crippen LogP contribution is -2.53. The molecule has 10 nitrogen and oxygen atoms in total. The number of hydrogen-bond donors (Lipinski definition) is 4. The molecule has 0 aliphatic carbocycles. The predicted molar refractivity (Wildman–Crippen MR) is 137 cm³/mol. The summed E-state index contributed by atoms with van der Waals surface area (Å²) in [7, 11) is -3.72. The van der Waals surface area contributed by atoms with Gasteiger partial charge in [0.25, 0.3) is 27.7 Å². The fraction of sp³-hybridized carbons (Fsp3) is 0.0800. The molecule has 0 fully saturated rings. The van der Waals surface area contributed by atoms with Crippen LogP contribution in [-0.4, -0.2) is 32.2 Å². The second-order valence-electron chi connectivity index (χ2n) is 7.75. The van der Waals surface area contributed by atoms with Crippen molar-refractivity contribution in [2.24, 2.45) is 0 Å². The molecule has 12 heteroatoms. The third kappa shape index (κ3) is 6.84. The van der Waals surface area contributed by atoms with Crippen LogP contribution >= 0.6 is 11.3 Å². The summed E-state index contributed by atoms with van der Waals surface area (Å²) in [5.41, 5.74) is 5.90. The van der Waals surface area contributed by atoms with E-state index in [-0.39, 0.29) is 27.6 Å². The lowest BCUT2D eigenvalue weighted by atomic mass is 10.1. The van der Waals surface area contributed by atoms with Gasteiger partial charge in [-0.25, -0.2) is 8.42 Å². The second-order valence-corrected chi connectivity index (χ2v) is 10.6. The molecule has 2 aromatic heterocycles. The Morgan fingerprint density at radius 3 is 2.24 bits per heavy atom. The number of carbonyl (C=O) groups excluding carboxylic acids is 3. The molecule has 0 unspecified atom stereocenters. The van der Waals surface area contributed by atoms with E-state index < -0.39 is 33.8 Å². The molecule has 190 valence electrons. The van der Waals surface area contributed by atoms with Crippen LogP contribution in [0.25, 0.3) is 0 Å². The lowest BCUT2D eigenvalue weighted by Gasteiger charge is -2.18. The molecule has 37 heavy (non-hydrogen) atoms. The van der Waals surface area contributed by atoms with Gasteiger partial charge in [-0.3, -0.25) is 30.0 Å². The minimum atomic E-state index is -3.72. The quantitative estimate of drug-likeness (QED) is 0.241. The van der Waals surface area contributed by atoms with Crippen LogP contribution in [0, 0.1) is 0 Å². The van der Waals surface area contributed by atoms with Gasteiger partial charge in [0.2, 0.25) is 0 Å². The Morgan fingerprint density at radius 1 is 0.838 bits per heavy atom. The Morgan fingerprint density at radius 2 is 1.59 bits per heavy atom. The van der Waals surface area contributed by atoms with Gasteiger partial charge in [0.05, 0.1) is 6.26 Å². The van der Waals surface area contributed by atoms with Crippen LogP contribution in [0.5, 0.6) is 0 Å². The normalized spacial score (nSPS) is 11.8. The summed E-state index contributed by atoms with van der Waals surface area (Å²) >= 11 is 1.09. The van der Waals surface area contributed by atoms with Gasteiger partial charge < -0.3 is 9.73 Å². The molecule has 0 spiro atoms. The Balaban J connectivity index is 1.37. The zero-order chi connectivity index (χ0) is 26.3. The summed E-state index contributed by atoms with van der Waals surface area (Å²) in [6.07, 6.45) is 1.52. The molecule has 0 saturated heterocycles. The molecular weight excluding hydrogens is 516 g/mol. The van der Waals surface area contributed by atoms with Gasteiger partial charge in [0.1, 0.15) is 10.3 Å². The van der Waals surface area contributed by atoms with Gasteiger partial charge in [0.15, 0.2) is 5.76 Å². The summed E-state index contributed by atoms with van der Waals surface area (Å²) in [5.74, 6) is -1.80. The van der Waals surface area contributed by atoms with Crippen LogP contribution in [0.3, 0.4) is 0 Å². The highest BCUT2D eigenvalue weighted by Crippen LogP contribution is 2.20. The van der Waals surface area contributed by atoms with E-state index in [0.29, 0.717) is 0 Å². The monoisotopic (exact) mass is 538 g/mol. The first-order valence-electron chi connectivity index (χ1n) is 11.0. The SMILES string of the molecule is O=C(NNC(=O)[C@@H](Cc1ccccc1)NC(=O)c1ccco1)c1ccc(NS(=O)(=O)c2cccs2)cc1. The summed E-state index contributed by atoms with van der Waals surface area (Å²) in [4.78, 5) is 37.9. The van der Waals surface area contributed by atoms with Gasteiger partial charge >= 0.3 is 0 Å². The molecule has 0 saturated carbocycles. The maximum Gasteiger partial charge on any atom is 0.287 e.